The fourth-order valence-electron chi connectivity index (χ4n) is 1.81. The Bertz CT molecular complexity index is 584. The first-order chi connectivity index (χ1) is 9.20. The molecule has 5 heteroatoms. The number of hydrogen-bond acceptors (Lipinski definition) is 4. The number of aromatic carboxylic acids is 1. The van der Waals surface area contributed by atoms with Gasteiger partial charge in [-0.25, -0.2) is 14.8 Å². The minimum atomic E-state index is -1.06. The Morgan fingerprint density at radius 1 is 1.26 bits per heavy atom. The van der Waals surface area contributed by atoms with E-state index in [0.29, 0.717) is 12.5 Å². The average Bonchev–Trinajstić information content (AvgIpc) is 2.45. The lowest BCUT2D eigenvalue weighted by atomic mass is 10.1. The molecule has 0 unspecified atom stereocenters. The van der Waals surface area contributed by atoms with E-state index >= 15 is 0 Å². The third-order valence-electron chi connectivity index (χ3n) is 2.81. The number of aromatic nitrogens is 2. The van der Waals surface area contributed by atoms with Gasteiger partial charge in [0, 0.05) is 12.7 Å². The second-order valence-electron chi connectivity index (χ2n) is 4.05. The van der Waals surface area contributed by atoms with Crippen molar-refractivity contribution in [2.75, 3.05) is 5.32 Å². The van der Waals surface area contributed by atoms with Crippen LogP contribution >= 0.6 is 0 Å². The molecule has 0 radical (unpaired) electrons. The van der Waals surface area contributed by atoms with Crippen molar-refractivity contribution in [2.24, 2.45) is 0 Å². The van der Waals surface area contributed by atoms with E-state index in [4.69, 9.17) is 5.11 Å². The Labute approximate surface area is 111 Å². The van der Waals surface area contributed by atoms with E-state index in [2.05, 4.69) is 28.3 Å². The third kappa shape index (κ3) is 3.28. The van der Waals surface area contributed by atoms with Crippen LogP contribution in [0, 0.1) is 0 Å². The van der Waals surface area contributed by atoms with E-state index in [9.17, 15) is 4.79 Å². The summed E-state index contributed by atoms with van der Waals surface area (Å²) in [6.45, 7) is 2.67. The molecule has 0 saturated heterocycles. The van der Waals surface area contributed by atoms with Gasteiger partial charge < -0.3 is 10.4 Å². The molecule has 0 bridgehead atoms. The molecule has 0 spiro atoms. The van der Waals surface area contributed by atoms with Crippen molar-refractivity contribution in [3.8, 4) is 0 Å². The van der Waals surface area contributed by atoms with Crippen LogP contribution in [0.5, 0.6) is 0 Å². The highest BCUT2D eigenvalue weighted by Crippen LogP contribution is 2.11. The summed E-state index contributed by atoms with van der Waals surface area (Å²) in [6.07, 6.45) is 2.39. The quantitative estimate of drug-likeness (QED) is 0.860. The second kappa shape index (κ2) is 5.95. The molecule has 2 rings (SSSR count). The topological polar surface area (TPSA) is 75.1 Å². The number of benzene rings is 1. The molecule has 0 atom stereocenters. The summed E-state index contributed by atoms with van der Waals surface area (Å²) in [5.74, 6) is -0.731. The van der Waals surface area contributed by atoms with Crippen LogP contribution in [0.3, 0.4) is 0 Å². The molecule has 98 valence electrons. The van der Waals surface area contributed by atoms with Crippen LogP contribution in [0.4, 0.5) is 5.95 Å². The summed E-state index contributed by atoms with van der Waals surface area (Å²) in [7, 11) is 0. The van der Waals surface area contributed by atoms with Gasteiger partial charge >= 0.3 is 5.97 Å². The van der Waals surface area contributed by atoms with Crippen LogP contribution in [0.25, 0.3) is 0 Å². The maximum atomic E-state index is 10.8. The van der Waals surface area contributed by atoms with Crippen molar-refractivity contribution >= 4 is 11.9 Å². The Kier molecular flexibility index (Phi) is 4.07. The first-order valence-electron chi connectivity index (χ1n) is 6.07. The molecule has 5 nitrogen and oxygen atoms in total. The number of nitrogens with one attached hydrogen (secondary N) is 1. The van der Waals surface area contributed by atoms with Crippen molar-refractivity contribution in [1.29, 1.82) is 0 Å². The van der Waals surface area contributed by atoms with Gasteiger partial charge in [0.25, 0.3) is 0 Å². The van der Waals surface area contributed by atoms with Gasteiger partial charge in [-0.1, -0.05) is 31.2 Å². The van der Waals surface area contributed by atoms with Crippen LogP contribution in [0.15, 0.2) is 36.5 Å². The lowest BCUT2D eigenvalue weighted by molar-refractivity contribution is 0.0690. The van der Waals surface area contributed by atoms with Crippen LogP contribution in [0.2, 0.25) is 0 Å². The Morgan fingerprint density at radius 2 is 2.00 bits per heavy atom. The summed E-state index contributed by atoms with van der Waals surface area (Å²) in [4.78, 5) is 18.7. The Morgan fingerprint density at radius 3 is 2.68 bits per heavy atom. The second-order valence-corrected chi connectivity index (χ2v) is 4.05. The van der Waals surface area contributed by atoms with E-state index in [1.807, 2.05) is 18.2 Å². The molecule has 0 saturated carbocycles. The number of rotatable bonds is 5. The fraction of sp³-hybridized carbons (Fsp3) is 0.214. The van der Waals surface area contributed by atoms with Crippen molar-refractivity contribution in [3.05, 3.63) is 53.3 Å². The van der Waals surface area contributed by atoms with E-state index < -0.39 is 5.97 Å². The largest absolute Gasteiger partial charge is 0.477 e. The number of hydrogen-bond donors (Lipinski definition) is 2. The highest BCUT2D eigenvalue weighted by atomic mass is 16.4. The summed E-state index contributed by atoms with van der Waals surface area (Å²) < 4.78 is 0. The minimum Gasteiger partial charge on any atom is -0.477 e. The zero-order valence-corrected chi connectivity index (χ0v) is 10.6. The zero-order valence-electron chi connectivity index (χ0n) is 10.6. The summed E-state index contributed by atoms with van der Waals surface area (Å²) >= 11 is 0. The molecule has 0 fully saturated rings. The molecule has 2 N–H and O–H groups in total. The van der Waals surface area contributed by atoms with Gasteiger partial charge in [0.1, 0.15) is 0 Å². The lowest BCUT2D eigenvalue weighted by Gasteiger charge is -2.09. The fourth-order valence-corrected chi connectivity index (χ4v) is 1.81. The predicted molar refractivity (Wildman–Crippen MR) is 72.1 cm³/mol. The molecular formula is C14H15N3O2. The van der Waals surface area contributed by atoms with Gasteiger partial charge in [-0.3, -0.25) is 0 Å². The van der Waals surface area contributed by atoms with Crippen LogP contribution in [0.1, 0.15) is 28.5 Å². The van der Waals surface area contributed by atoms with Gasteiger partial charge in [0.05, 0.1) is 0 Å². The maximum absolute atomic E-state index is 10.8. The van der Waals surface area contributed by atoms with E-state index in [1.54, 1.807) is 0 Å². The van der Waals surface area contributed by atoms with E-state index in [0.717, 1.165) is 12.0 Å². The molecule has 1 heterocycles. The normalized spacial score (nSPS) is 10.2. The van der Waals surface area contributed by atoms with Crippen molar-refractivity contribution < 1.29 is 9.90 Å². The Hall–Kier alpha value is -2.43. The monoisotopic (exact) mass is 257 g/mol. The standard InChI is InChI=1S/C14H15N3O2/c1-2-10-5-3-4-6-11(10)9-16-14-15-8-7-12(17-14)13(18)19/h3-8H,2,9H2,1H3,(H,18,19)(H,15,16,17). The van der Waals surface area contributed by atoms with Crippen molar-refractivity contribution in [1.82, 2.24) is 9.97 Å². The van der Waals surface area contributed by atoms with Gasteiger partial charge in [-0.2, -0.15) is 0 Å². The highest BCUT2D eigenvalue weighted by molar-refractivity contribution is 5.85. The van der Waals surface area contributed by atoms with Gasteiger partial charge in [-0.05, 0) is 23.6 Å². The minimum absolute atomic E-state index is 0.0127. The third-order valence-corrected chi connectivity index (χ3v) is 2.81. The zero-order chi connectivity index (χ0) is 13.7. The molecule has 1 aromatic heterocycles. The van der Waals surface area contributed by atoms with Gasteiger partial charge in [-0.15, -0.1) is 0 Å². The highest BCUT2D eigenvalue weighted by Gasteiger charge is 2.06. The Balaban J connectivity index is 2.10. The smallest absolute Gasteiger partial charge is 0.354 e. The first kappa shape index (κ1) is 13.0. The number of aryl methyl sites for hydroxylation is 1. The first-order valence-corrected chi connectivity index (χ1v) is 6.07. The number of carboxylic acids is 1. The maximum Gasteiger partial charge on any atom is 0.354 e. The van der Waals surface area contributed by atoms with Crippen LogP contribution < -0.4 is 5.32 Å². The molecule has 0 aliphatic rings. The lowest BCUT2D eigenvalue weighted by Crippen LogP contribution is -2.08. The van der Waals surface area contributed by atoms with Gasteiger partial charge in [0.2, 0.25) is 5.95 Å². The van der Waals surface area contributed by atoms with Crippen molar-refractivity contribution in [3.63, 3.8) is 0 Å². The summed E-state index contributed by atoms with van der Waals surface area (Å²) in [6, 6.07) is 9.46. The van der Waals surface area contributed by atoms with E-state index in [1.165, 1.54) is 17.8 Å². The summed E-state index contributed by atoms with van der Waals surface area (Å²) in [5, 5.41) is 11.9. The molecular weight excluding hydrogens is 242 g/mol. The average molecular weight is 257 g/mol. The summed E-state index contributed by atoms with van der Waals surface area (Å²) in [5.41, 5.74) is 2.40. The molecule has 0 amide bonds. The van der Waals surface area contributed by atoms with Gasteiger partial charge in [0.15, 0.2) is 5.69 Å². The SMILES string of the molecule is CCc1ccccc1CNc1nccc(C(=O)O)n1. The molecule has 19 heavy (non-hydrogen) atoms. The predicted octanol–water partition coefficient (Wildman–Crippen LogP) is 2.35. The van der Waals surface area contributed by atoms with Crippen LogP contribution in [-0.2, 0) is 13.0 Å². The van der Waals surface area contributed by atoms with E-state index in [-0.39, 0.29) is 5.69 Å². The molecule has 0 aliphatic carbocycles. The van der Waals surface area contributed by atoms with Crippen molar-refractivity contribution in [2.45, 2.75) is 19.9 Å². The molecule has 2 aromatic rings. The number of carboxylic acid groups (broad SMARTS) is 1. The number of anilines is 1. The molecule has 0 aliphatic heterocycles. The number of carbonyl (C=O) groups is 1. The molecule has 1 aromatic carbocycles. The van der Waals surface area contributed by atoms with Crippen LogP contribution in [-0.4, -0.2) is 21.0 Å². The number of nitrogens with zero attached hydrogens (tertiary/aromatic N) is 2.